The van der Waals surface area contributed by atoms with E-state index in [-0.39, 0.29) is 31.9 Å². The summed E-state index contributed by atoms with van der Waals surface area (Å²) >= 11 is 5.99. The van der Waals surface area contributed by atoms with Crippen LogP contribution in [-0.4, -0.2) is 19.6 Å². The number of rotatable bonds is 5. The van der Waals surface area contributed by atoms with Crippen LogP contribution in [0.3, 0.4) is 0 Å². The fourth-order valence-corrected chi connectivity index (χ4v) is 4.38. The van der Waals surface area contributed by atoms with Crippen LogP contribution in [0.1, 0.15) is 32.1 Å². The SMILES string of the molecule is C1=C\CC/C=C\CC/1.C[Si](C)(C)CCCNc1ccnc2cc(Cl)ccc12.[Cl-].[Rh]. The molecule has 0 saturated carbocycles. The van der Waals surface area contributed by atoms with Gasteiger partial charge in [0.2, 0.25) is 0 Å². The molecule has 29 heavy (non-hydrogen) atoms. The van der Waals surface area contributed by atoms with E-state index in [0.29, 0.717) is 0 Å². The molecule has 1 N–H and O–H groups in total. The van der Waals surface area contributed by atoms with Gasteiger partial charge in [-0.3, -0.25) is 4.98 Å². The number of fused-ring (bicyclic) bond motifs is 1. The number of nitrogens with zero attached hydrogens (tertiary/aromatic N) is 1. The van der Waals surface area contributed by atoms with Gasteiger partial charge in [-0.25, -0.2) is 0 Å². The number of allylic oxidation sites excluding steroid dienone is 4. The van der Waals surface area contributed by atoms with Crippen LogP contribution in [0.4, 0.5) is 5.69 Å². The first-order chi connectivity index (χ1) is 13.0. The molecule has 0 unspecified atom stereocenters. The van der Waals surface area contributed by atoms with Gasteiger partial charge in [-0.15, -0.1) is 0 Å². The van der Waals surface area contributed by atoms with Crippen LogP contribution in [0.5, 0.6) is 0 Å². The van der Waals surface area contributed by atoms with Crippen molar-refractivity contribution in [2.75, 3.05) is 11.9 Å². The summed E-state index contributed by atoms with van der Waals surface area (Å²) in [5, 5.41) is 5.39. The fourth-order valence-electron chi connectivity index (χ4n) is 2.97. The van der Waals surface area contributed by atoms with Crippen molar-refractivity contribution < 1.29 is 31.9 Å². The predicted octanol–water partition coefficient (Wildman–Crippen LogP) is 4.70. The molecule has 0 bridgehead atoms. The Morgan fingerprint density at radius 1 is 0.966 bits per heavy atom. The molecule has 1 aromatic carbocycles. The molecule has 0 fully saturated rings. The quantitative estimate of drug-likeness (QED) is 0.339. The zero-order valence-electron chi connectivity index (χ0n) is 17.7. The van der Waals surface area contributed by atoms with E-state index in [0.717, 1.165) is 28.2 Å². The third kappa shape index (κ3) is 11.9. The van der Waals surface area contributed by atoms with Crippen LogP contribution < -0.4 is 17.7 Å². The van der Waals surface area contributed by atoms with Crippen molar-refractivity contribution in [1.82, 2.24) is 4.98 Å². The molecule has 1 heterocycles. The molecule has 1 aliphatic carbocycles. The van der Waals surface area contributed by atoms with Crippen LogP contribution in [-0.2, 0) is 19.5 Å². The summed E-state index contributed by atoms with van der Waals surface area (Å²) in [5.74, 6) is 0. The van der Waals surface area contributed by atoms with Crippen molar-refractivity contribution in [1.29, 1.82) is 0 Å². The molecule has 2 aromatic rings. The molecule has 163 valence electrons. The van der Waals surface area contributed by atoms with E-state index in [4.69, 9.17) is 11.6 Å². The van der Waals surface area contributed by atoms with Crippen LogP contribution in [0.25, 0.3) is 10.9 Å². The van der Waals surface area contributed by atoms with E-state index >= 15 is 0 Å². The Balaban J connectivity index is 0.000000667. The van der Waals surface area contributed by atoms with Gasteiger partial charge in [0.15, 0.2) is 0 Å². The second-order valence-corrected chi connectivity index (χ2v) is 14.3. The van der Waals surface area contributed by atoms with Gasteiger partial charge in [0.1, 0.15) is 0 Å². The maximum absolute atomic E-state index is 5.99. The first-order valence-electron chi connectivity index (χ1n) is 10.0. The predicted molar refractivity (Wildman–Crippen MR) is 125 cm³/mol. The Bertz CT molecular complexity index is 747. The van der Waals surface area contributed by atoms with Crippen LogP contribution in [0.2, 0.25) is 30.7 Å². The first-order valence-corrected chi connectivity index (χ1v) is 14.1. The van der Waals surface area contributed by atoms with Crippen molar-refractivity contribution in [2.45, 2.75) is 57.8 Å². The molecule has 3 rings (SSSR count). The first kappa shape index (κ1) is 28.3. The molecule has 0 aliphatic heterocycles. The Hall–Kier alpha value is -0.670. The smallest absolute Gasteiger partial charge is 0.0737 e. The van der Waals surface area contributed by atoms with Gasteiger partial charge < -0.3 is 17.7 Å². The molecule has 2 nitrogen and oxygen atoms in total. The average molecular weight is 539 g/mol. The van der Waals surface area contributed by atoms with Gasteiger partial charge in [0.05, 0.1) is 5.52 Å². The number of halogens is 2. The van der Waals surface area contributed by atoms with Gasteiger partial charge in [0, 0.05) is 56.4 Å². The molecule has 6 heteroatoms. The monoisotopic (exact) mass is 538 g/mol. The van der Waals surface area contributed by atoms with Gasteiger partial charge in [-0.1, -0.05) is 61.6 Å². The molecule has 0 atom stereocenters. The number of hydrogen-bond donors (Lipinski definition) is 1. The van der Waals surface area contributed by atoms with Crippen molar-refractivity contribution >= 4 is 36.3 Å². The fraction of sp³-hybridized carbons (Fsp3) is 0.435. The maximum Gasteiger partial charge on any atom is 0.0737 e. The molecule has 1 aromatic heterocycles. The van der Waals surface area contributed by atoms with E-state index in [1.807, 2.05) is 30.5 Å². The van der Waals surface area contributed by atoms with Gasteiger partial charge in [-0.05, 0) is 56.4 Å². The second-order valence-electron chi connectivity index (χ2n) is 8.21. The minimum Gasteiger partial charge on any atom is -1.00 e. The van der Waals surface area contributed by atoms with Crippen molar-refractivity contribution in [2.24, 2.45) is 0 Å². The third-order valence-corrected chi connectivity index (χ3v) is 6.55. The van der Waals surface area contributed by atoms with E-state index in [2.05, 4.69) is 54.2 Å². The number of pyridine rings is 1. The molecule has 1 radical (unpaired) electrons. The van der Waals surface area contributed by atoms with Crippen LogP contribution in [0, 0.1) is 0 Å². The molecule has 0 saturated heterocycles. The summed E-state index contributed by atoms with van der Waals surface area (Å²) in [5.41, 5.74) is 2.10. The summed E-state index contributed by atoms with van der Waals surface area (Å²) in [4.78, 5) is 4.35. The summed E-state index contributed by atoms with van der Waals surface area (Å²) in [7, 11) is -0.926. The zero-order valence-corrected chi connectivity index (χ0v) is 21.8. The minimum atomic E-state index is -0.926. The Kier molecular flexibility index (Phi) is 14.8. The van der Waals surface area contributed by atoms with Crippen molar-refractivity contribution in [3.63, 3.8) is 0 Å². The van der Waals surface area contributed by atoms with Gasteiger partial charge in [-0.2, -0.15) is 0 Å². The molecule has 0 amide bonds. The standard InChI is InChI=1S/C15H21ClN2Si.C8H12.ClH.Rh/c1-19(2,3)10-4-8-17-14-7-9-18-15-11-12(16)5-6-13(14)15;1-2-4-6-8-7-5-3-1;;/h5-7,9,11H,4,8,10H2,1-3H3,(H,17,18);1-2,7-8H,3-6H2;1H;/p-1/b;2-1-,8-7-;;. The number of anilines is 1. The molecular weight excluding hydrogens is 506 g/mol. The second kappa shape index (κ2) is 15.2. The Labute approximate surface area is 201 Å². The Morgan fingerprint density at radius 2 is 1.55 bits per heavy atom. The summed E-state index contributed by atoms with van der Waals surface area (Å²) in [6.45, 7) is 8.26. The number of benzene rings is 1. The van der Waals surface area contributed by atoms with E-state index < -0.39 is 8.07 Å². The Morgan fingerprint density at radius 3 is 2.10 bits per heavy atom. The van der Waals surface area contributed by atoms with Gasteiger partial charge in [0.25, 0.3) is 0 Å². The average Bonchev–Trinajstić information content (AvgIpc) is 2.57. The van der Waals surface area contributed by atoms with Crippen LogP contribution in [0.15, 0.2) is 54.8 Å². The largest absolute Gasteiger partial charge is 1.00 e. The normalized spacial score (nSPS) is 15.4. The number of aromatic nitrogens is 1. The number of hydrogen-bond acceptors (Lipinski definition) is 2. The van der Waals surface area contributed by atoms with E-state index in [1.165, 1.54) is 38.1 Å². The minimum absolute atomic E-state index is 0. The zero-order chi connectivity index (χ0) is 19.5. The van der Waals surface area contributed by atoms with Crippen LogP contribution >= 0.6 is 11.6 Å². The molecule has 0 spiro atoms. The maximum atomic E-state index is 5.99. The summed E-state index contributed by atoms with van der Waals surface area (Å²) < 4.78 is 0. The molecular formula is C23H33Cl2N2RhSi-. The summed E-state index contributed by atoms with van der Waals surface area (Å²) in [6.07, 6.45) is 17.1. The molecule has 1 aliphatic rings. The third-order valence-electron chi connectivity index (χ3n) is 4.46. The van der Waals surface area contributed by atoms with E-state index in [9.17, 15) is 0 Å². The van der Waals surface area contributed by atoms with E-state index in [1.54, 1.807) is 0 Å². The van der Waals surface area contributed by atoms with Crippen molar-refractivity contribution in [3.05, 3.63) is 59.8 Å². The van der Waals surface area contributed by atoms with Gasteiger partial charge >= 0.3 is 0 Å². The summed E-state index contributed by atoms with van der Waals surface area (Å²) in [6, 6.07) is 9.24. The topological polar surface area (TPSA) is 24.9 Å². The van der Waals surface area contributed by atoms with Crippen molar-refractivity contribution in [3.8, 4) is 0 Å². The number of nitrogens with one attached hydrogen (secondary N) is 1.